The van der Waals surface area contributed by atoms with E-state index in [1.807, 2.05) is 12.0 Å². The van der Waals surface area contributed by atoms with Gasteiger partial charge in [-0.2, -0.15) is 0 Å². The van der Waals surface area contributed by atoms with Crippen LogP contribution >= 0.6 is 0 Å². The molecule has 3 nitrogen and oxygen atoms in total. The van der Waals surface area contributed by atoms with E-state index in [1.165, 1.54) is 37.9 Å². The molecule has 0 N–H and O–H groups in total. The Morgan fingerprint density at radius 2 is 2.05 bits per heavy atom. The lowest BCUT2D eigenvalue weighted by molar-refractivity contribution is -0.0940. The van der Waals surface area contributed by atoms with Crippen molar-refractivity contribution in [2.45, 2.75) is 39.2 Å². The lowest BCUT2D eigenvalue weighted by Crippen LogP contribution is -2.33. The van der Waals surface area contributed by atoms with Gasteiger partial charge in [0, 0.05) is 12.6 Å². The Hall–Kier alpha value is -1.06. The number of allylic oxidation sites excluding steroid dienone is 3. The van der Waals surface area contributed by atoms with Crippen LogP contribution in [0.2, 0.25) is 0 Å². The van der Waals surface area contributed by atoms with Crippen molar-refractivity contribution in [2.75, 3.05) is 27.2 Å². The van der Waals surface area contributed by atoms with Gasteiger partial charge in [-0.1, -0.05) is 18.2 Å². The Morgan fingerprint density at radius 1 is 1.30 bits per heavy atom. The van der Waals surface area contributed by atoms with Crippen LogP contribution in [0.3, 0.4) is 0 Å². The molecule has 20 heavy (non-hydrogen) atoms. The van der Waals surface area contributed by atoms with Gasteiger partial charge in [0.25, 0.3) is 0 Å². The summed E-state index contributed by atoms with van der Waals surface area (Å²) in [5.74, 6) is 1.65. The summed E-state index contributed by atoms with van der Waals surface area (Å²) in [4.78, 5) is 8.40. The maximum atomic E-state index is 5.96. The summed E-state index contributed by atoms with van der Waals surface area (Å²) in [7, 11) is 4.28. The lowest BCUT2D eigenvalue weighted by atomic mass is 9.86. The molecule has 0 bridgehead atoms. The first-order valence-electron chi connectivity index (χ1n) is 7.66. The fourth-order valence-electron chi connectivity index (χ4n) is 3.39. The molecule has 0 amide bonds. The van der Waals surface area contributed by atoms with Crippen molar-refractivity contribution in [2.24, 2.45) is 5.92 Å². The second-order valence-corrected chi connectivity index (χ2v) is 6.18. The molecule has 2 aliphatic rings. The summed E-state index contributed by atoms with van der Waals surface area (Å²) in [6.07, 6.45) is 8.06. The van der Waals surface area contributed by atoms with E-state index in [9.17, 15) is 0 Å². The van der Waals surface area contributed by atoms with Gasteiger partial charge in [0.2, 0.25) is 0 Å². The highest BCUT2D eigenvalue weighted by atomic mass is 16.7. The molecule has 0 spiro atoms. The molecular formula is C17H28N2O. The van der Waals surface area contributed by atoms with E-state index in [0.717, 1.165) is 11.3 Å². The summed E-state index contributed by atoms with van der Waals surface area (Å²) in [5, 5.41) is 2.04. The molecule has 2 atom stereocenters. The van der Waals surface area contributed by atoms with Crippen LogP contribution in [0.25, 0.3) is 0 Å². The van der Waals surface area contributed by atoms with Crippen LogP contribution in [0.4, 0.5) is 0 Å². The number of nitrogens with zero attached hydrogens (tertiary/aromatic N) is 2. The molecule has 0 aromatic rings. The zero-order valence-electron chi connectivity index (χ0n) is 13.4. The standard InChI is InChI=1S/C17H28N2O/c1-6-15-16(12-13(2)3)20-19(5)17(15)14-8-7-10-18(4)11-9-14/h6,12,14,17H,2,7-11H2,1,3-5H3. The van der Waals surface area contributed by atoms with E-state index < -0.39 is 0 Å². The lowest BCUT2D eigenvalue weighted by Gasteiger charge is -2.26. The van der Waals surface area contributed by atoms with Crippen LogP contribution in [0.5, 0.6) is 0 Å². The molecule has 0 saturated carbocycles. The molecular weight excluding hydrogens is 248 g/mol. The molecule has 2 unspecified atom stereocenters. The van der Waals surface area contributed by atoms with E-state index in [0.29, 0.717) is 12.0 Å². The van der Waals surface area contributed by atoms with Gasteiger partial charge in [0.1, 0.15) is 0 Å². The van der Waals surface area contributed by atoms with Crippen molar-refractivity contribution >= 4 is 0 Å². The molecule has 112 valence electrons. The molecule has 3 heteroatoms. The highest BCUT2D eigenvalue weighted by molar-refractivity contribution is 5.37. The third kappa shape index (κ3) is 3.33. The molecule has 0 aliphatic carbocycles. The van der Waals surface area contributed by atoms with Crippen LogP contribution < -0.4 is 0 Å². The van der Waals surface area contributed by atoms with Crippen LogP contribution in [0, 0.1) is 5.92 Å². The Kier molecular flexibility index (Phi) is 5.06. The fourth-order valence-corrected chi connectivity index (χ4v) is 3.39. The molecule has 0 aromatic carbocycles. The zero-order chi connectivity index (χ0) is 14.7. The molecule has 2 heterocycles. The second-order valence-electron chi connectivity index (χ2n) is 6.18. The third-order valence-electron chi connectivity index (χ3n) is 4.37. The van der Waals surface area contributed by atoms with Crippen molar-refractivity contribution in [1.82, 2.24) is 9.96 Å². The van der Waals surface area contributed by atoms with E-state index in [2.05, 4.69) is 44.6 Å². The quantitative estimate of drug-likeness (QED) is 0.769. The first-order valence-corrected chi connectivity index (χ1v) is 7.66. The van der Waals surface area contributed by atoms with Gasteiger partial charge in [0.05, 0.1) is 6.04 Å². The predicted molar refractivity (Wildman–Crippen MR) is 84.1 cm³/mol. The third-order valence-corrected chi connectivity index (χ3v) is 4.37. The summed E-state index contributed by atoms with van der Waals surface area (Å²) in [6, 6.07) is 0.386. The molecule has 2 aliphatic heterocycles. The summed E-state index contributed by atoms with van der Waals surface area (Å²) in [5.41, 5.74) is 2.36. The van der Waals surface area contributed by atoms with Gasteiger partial charge in [-0.25, -0.2) is 0 Å². The average Bonchev–Trinajstić information content (AvgIpc) is 2.55. The van der Waals surface area contributed by atoms with Crippen LogP contribution in [0.1, 0.15) is 33.1 Å². The van der Waals surface area contributed by atoms with Gasteiger partial charge < -0.3 is 9.74 Å². The Balaban J connectivity index is 2.20. The van der Waals surface area contributed by atoms with Crippen LogP contribution in [0.15, 0.2) is 35.6 Å². The summed E-state index contributed by atoms with van der Waals surface area (Å²) >= 11 is 0. The SMILES string of the molecule is C=C(C)C=C1ON(C)C(C2CCCN(C)CC2)C1=CC. The van der Waals surface area contributed by atoms with E-state index >= 15 is 0 Å². The Morgan fingerprint density at radius 3 is 2.70 bits per heavy atom. The van der Waals surface area contributed by atoms with Gasteiger partial charge in [-0.3, -0.25) is 0 Å². The number of likely N-dealkylation sites (N-methyl/N-ethyl adjacent to an activating group) is 1. The van der Waals surface area contributed by atoms with E-state index in [1.54, 1.807) is 0 Å². The van der Waals surface area contributed by atoms with E-state index in [-0.39, 0.29) is 0 Å². The van der Waals surface area contributed by atoms with Crippen LogP contribution in [-0.2, 0) is 4.84 Å². The highest BCUT2D eigenvalue weighted by Gasteiger charge is 2.38. The average molecular weight is 276 g/mol. The van der Waals surface area contributed by atoms with Crippen LogP contribution in [-0.4, -0.2) is 43.2 Å². The topological polar surface area (TPSA) is 15.7 Å². The maximum absolute atomic E-state index is 5.96. The number of rotatable bonds is 2. The number of hydrogen-bond acceptors (Lipinski definition) is 3. The minimum atomic E-state index is 0.386. The molecule has 2 fully saturated rings. The van der Waals surface area contributed by atoms with E-state index in [4.69, 9.17) is 4.84 Å². The number of likely N-dealkylation sites (tertiary alicyclic amines) is 1. The monoisotopic (exact) mass is 276 g/mol. The Bertz CT molecular complexity index is 425. The normalized spacial score (nSPS) is 33.4. The Labute approximate surface area is 123 Å². The minimum absolute atomic E-state index is 0.386. The minimum Gasteiger partial charge on any atom is -0.405 e. The zero-order valence-corrected chi connectivity index (χ0v) is 13.4. The summed E-state index contributed by atoms with van der Waals surface area (Å²) < 4.78 is 0. The van der Waals surface area contributed by atoms with Gasteiger partial charge in [-0.05, 0) is 65.2 Å². The second kappa shape index (κ2) is 6.59. The highest BCUT2D eigenvalue weighted by Crippen LogP contribution is 2.37. The molecule has 0 radical (unpaired) electrons. The first-order chi connectivity index (χ1) is 9.52. The molecule has 2 saturated heterocycles. The van der Waals surface area contributed by atoms with Crippen molar-refractivity contribution in [3.05, 3.63) is 35.6 Å². The van der Waals surface area contributed by atoms with Gasteiger partial charge >= 0.3 is 0 Å². The number of hydrogen-bond donors (Lipinski definition) is 0. The van der Waals surface area contributed by atoms with Crippen molar-refractivity contribution in [3.63, 3.8) is 0 Å². The predicted octanol–water partition coefficient (Wildman–Crippen LogP) is 3.37. The smallest absolute Gasteiger partial charge is 0.152 e. The summed E-state index contributed by atoms with van der Waals surface area (Å²) in [6.45, 7) is 10.5. The van der Waals surface area contributed by atoms with Gasteiger partial charge in [0.15, 0.2) is 5.76 Å². The van der Waals surface area contributed by atoms with Crippen molar-refractivity contribution < 1.29 is 4.84 Å². The maximum Gasteiger partial charge on any atom is 0.152 e. The largest absolute Gasteiger partial charge is 0.405 e. The molecule has 0 aromatic heterocycles. The van der Waals surface area contributed by atoms with Gasteiger partial charge in [-0.15, -0.1) is 5.06 Å². The fraction of sp³-hybridized carbons (Fsp3) is 0.647. The molecule has 2 rings (SSSR count). The van der Waals surface area contributed by atoms with Crippen molar-refractivity contribution in [3.8, 4) is 0 Å². The first kappa shape index (κ1) is 15.3. The van der Waals surface area contributed by atoms with Crippen molar-refractivity contribution in [1.29, 1.82) is 0 Å². The number of hydroxylamine groups is 2.